The average Bonchev–Trinajstić information content (AvgIpc) is 2.82. The molecule has 0 aliphatic carbocycles. The van der Waals surface area contributed by atoms with Crippen LogP contribution >= 0.6 is 28.3 Å². The zero-order chi connectivity index (χ0) is 11.8. The van der Waals surface area contributed by atoms with Crippen molar-refractivity contribution in [3.05, 3.63) is 33.8 Å². The molecule has 1 aromatic carbocycles. The van der Waals surface area contributed by atoms with Gasteiger partial charge >= 0.3 is 0 Å². The molecule has 1 aromatic rings. The van der Waals surface area contributed by atoms with Gasteiger partial charge in [-0.05, 0) is 49.0 Å². The molecule has 2 fully saturated rings. The van der Waals surface area contributed by atoms with E-state index in [1.807, 2.05) is 0 Å². The average molecular weight is 332 g/mol. The topological polar surface area (TPSA) is 15.3 Å². The minimum absolute atomic E-state index is 0. The second kappa shape index (κ2) is 5.91. The van der Waals surface area contributed by atoms with E-state index in [1.54, 1.807) is 0 Å². The van der Waals surface area contributed by atoms with Crippen LogP contribution in [0.4, 0.5) is 0 Å². The fourth-order valence-electron chi connectivity index (χ4n) is 3.10. The summed E-state index contributed by atoms with van der Waals surface area (Å²) in [5, 5.41) is 3.49. The molecule has 4 heteroatoms. The van der Waals surface area contributed by atoms with E-state index >= 15 is 0 Å². The third kappa shape index (κ3) is 2.90. The minimum Gasteiger partial charge on any atom is -0.316 e. The zero-order valence-corrected chi connectivity index (χ0v) is 13.1. The maximum atomic E-state index is 3.68. The molecule has 0 amide bonds. The lowest BCUT2D eigenvalue weighted by Crippen LogP contribution is -2.25. The van der Waals surface area contributed by atoms with E-state index in [0.717, 1.165) is 18.4 Å². The fraction of sp³-hybridized carbons (Fsp3) is 0.571. The predicted octanol–water partition coefficient (Wildman–Crippen LogP) is 2.83. The molecule has 2 aliphatic rings. The molecule has 0 unspecified atom stereocenters. The predicted molar refractivity (Wildman–Crippen MR) is 81.3 cm³/mol. The number of rotatable bonds is 2. The summed E-state index contributed by atoms with van der Waals surface area (Å²) in [5.74, 6) is 1.78. The highest BCUT2D eigenvalue weighted by Crippen LogP contribution is 2.29. The first-order valence-electron chi connectivity index (χ1n) is 6.40. The lowest BCUT2D eigenvalue weighted by atomic mass is 10.0. The third-order valence-electron chi connectivity index (χ3n) is 4.07. The molecule has 18 heavy (non-hydrogen) atoms. The van der Waals surface area contributed by atoms with Gasteiger partial charge in [-0.1, -0.05) is 28.1 Å². The van der Waals surface area contributed by atoms with Crippen LogP contribution in [0.25, 0.3) is 0 Å². The summed E-state index contributed by atoms with van der Waals surface area (Å²) in [6, 6.07) is 6.68. The van der Waals surface area contributed by atoms with Gasteiger partial charge in [0.2, 0.25) is 0 Å². The number of nitrogens with one attached hydrogen (secondary N) is 1. The van der Waals surface area contributed by atoms with Gasteiger partial charge in [-0.2, -0.15) is 0 Å². The summed E-state index contributed by atoms with van der Waals surface area (Å²) in [6.07, 6.45) is 0. The van der Waals surface area contributed by atoms with Crippen molar-refractivity contribution in [1.29, 1.82) is 0 Å². The summed E-state index contributed by atoms with van der Waals surface area (Å²) in [4.78, 5) is 2.60. The van der Waals surface area contributed by atoms with Gasteiger partial charge in [-0.15, -0.1) is 12.4 Å². The Kier molecular flexibility index (Phi) is 4.70. The SMILES string of the molecule is Cc1ccc(CN2C[C@H]3CNC[C@H]3C2)c(Br)c1.Cl. The van der Waals surface area contributed by atoms with Crippen LogP contribution in [0.5, 0.6) is 0 Å². The van der Waals surface area contributed by atoms with Crippen LogP contribution in [0.2, 0.25) is 0 Å². The molecular weight excluding hydrogens is 312 g/mol. The molecule has 2 heterocycles. The molecule has 3 rings (SSSR count). The summed E-state index contributed by atoms with van der Waals surface area (Å²) in [5.41, 5.74) is 2.74. The first-order valence-corrected chi connectivity index (χ1v) is 7.20. The maximum Gasteiger partial charge on any atom is 0.0245 e. The number of halogens is 2. The first kappa shape index (κ1) is 14.3. The summed E-state index contributed by atoms with van der Waals surface area (Å²) >= 11 is 3.68. The van der Waals surface area contributed by atoms with Gasteiger partial charge in [0, 0.05) is 24.1 Å². The molecule has 1 N–H and O–H groups in total. The normalized spacial score (nSPS) is 27.0. The number of aryl methyl sites for hydroxylation is 1. The van der Waals surface area contributed by atoms with Crippen molar-refractivity contribution in [3.8, 4) is 0 Å². The molecular formula is C14H20BrClN2. The number of likely N-dealkylation sites (tertiary alicyclic amines) is 1. The summed E-state index contributed by atoms with van der Waals surface area (Å²) < 4.78 is 1.26. The Morgan fingerprint density at radius 2 is 1.94 bits per heavy atom. The Hall–Kier alpha value is -0.0900. The standard InChI is InChI=1S/C14H19BrN2.ClH/c1-10-2-3-11(14(15)4-10)7-17-8-12-5-16-6-13(12)9-17;/h2-4,12-13,16H,5-9H2,1H3;1H/t12-,13+;. The second-order valence-corrected chi connectivity index (χ2v) is 6.32. The van der Waals surface area contributed by atoms with Crippen molar-refractivity contribution < 1.29 is 0 Å². The Morgan fingerprint density at radius 1 is 1.28 bits per heavy atom. The molecule has 2 nitrogen and oxygen atoms in total. The van der Waals surface area contributed by atoms with Gasteiger partial charge in [-0.25, -0.2) is 0 Å². The van der Waals surface area contributed by atoms with Crippen molar-refractivity contribution in [3.63, 3.8) is 0 Å². The quantitative estimate of drug-likeness (QED) is 0.896. The molecule has 2 saturated heterocycles. The van der Waals surface area contributed by atoms with Crippen molar-refractivity contribution >= 4 is 28.3 Å². The van der Waals surface area contributed by atoms with Crippen LogP contribution in [-0.4, -0.2) is 31.1 Å². The highest BCUT2D eigenvalue weighted by molar-refractivity contribution is 9.10. The molecule has 0 bridgehead atoms. The molecule has 0 spiro atoms. The molecule has 2 atom stereocenters. The summed E-state index contributed by atoms with van der Waals surface area (Å²) in [7, 11) is 0. The number of fused-ring (bicyclic) bond motifs is 1. The van der Waals surface area contributed by atoms with E-state index in [1.165, 1.54) is 41.8 Å². The molecule has 2 aliphatic heterocycles. The number of hydrogen-bond donors (Lipinski definition) is 1. The first-order chi connectivity index (χ1) is 8.22. The molecule has 0 radical (unpaired) electrons. The molecule has 100 valence electrons. The van der Waals surface area contributed by atoms with E-state index in [2.05, 4.69) is 51.3 Å². The lowest BCUT2D eigenvalue weighted by Gasteiger charge is -2.18. The van der Waals surface area contributed by atoms with Gasteiger partial charge in [0.05, 0.1) is 0 Å². The van der Waals surface area contributed by atoms with Crippen LogP contribution in [-0.2, 0) is 6.54 Å². The number of hydrogen-bond acceptors (Lipinski definition) is 2. The van der Waals surface area contributed by atoms with Crippen LogP contribution in [0.3, 0.4) is 0 Å². The minimum atomic E-state index is 0. The van der Waals surface area contributed by atoms with Crippen molar-refractivity contribution in [1.82, 2.24) is 10.2 Å². The highest BCUT2D eigenvalue weighted by Gasteiger charge is 2.35. The Morgan fingerprint density at radius 3 is 2.56 bits per heavy atom. The van der Waals surface area contributed by atoms with Crippen molar-refractivity contribution in [2.45, 2.75) is 13.5 Å². The molecule has 0 saturated carbocycles. The maximum absolute atomic E-state index is 3.68. The molecule has 0 aromatic heterocycles. The van der Waals surface area contributed by atoms with Gasteiger partial charge in [0.25, 0.3) is 0 Å². The monoisotopic (exact) mass is 330 g/mol. The third-order valence-corrected chi connectivity index (χ3v) is 4.81. The Labute approximate surface area is 124 Å². The smallest absolute Gasteiger partial charge is 0.0245 e. The van der Waals surface area contributed by atoms with Crippen molar-refractivity contribution in [2.75, 3.05) is 26.2 Å². The second-order valence-electron chi connectivity index (χ2n) is 5.47. The largest absolute Gasteiger partial charge is 0.316 e. The van der Waals surface area contributed by atoms with Gasteiger partial charge in [-0.3, -0.25) is 4.90 Å². The van der Waals surface area contributed by atoms with Crippen molar-refractivity contribution in [2.24, 2.45) is 11.8 Å². The van der Waals surface area contributed by atoms with Gasteiger partial charge in [0.1, 0.15) is 0 Å². The number of benzene rings is 1. The van der Waals surface area contributed by atoms with E-state index in [-0.39, 0.29) is 12.4 Å². The highest BCUT2D eigenvalue weighted by atomic mass is 79.9. The number of nitrogens with zero attached hydrogens (tertiary/aromatic N) is 1. The van der Waals surface area contributed by atoms with E-state index in [4.69, 9.17) is 0 Å². The van der Waals surface area contributed by atoms with Gasteiger partial charge < -0.3 is 5.32 Å². The van der Waals surface area contributed by atoms with E-state index in [9.17, 15) is 0 Å². The Balaban J connectivity index is 0.00000120. The summed E-state index contributed by atoms with van der Waals surface area (Å²) in [6.45, 7) is 8.19. The van der Waals surface area contributed by atoms with Crippen LogP contribution < -0.4 is 5.32 Å². The van der Waals surface area contributed by atoms with Crippen LogP contribution in [0.15, 0.2) is 22.7 Å². The Bertz CT molecular complexity index is 412. The van der Waals surface area contributed by atoms with E-state index < -0.39 is 0 Å². The van der Waals surface area contributed by atoms with E-state index in [0.29, 0.717) is 0 Å². The van der Waals surface area contributed by atoms with Gasteiger partial charge in [0.15, 0.2) is 0 Å². The van der Waals surface area contributed by atoms with Crippen LogP contribution in [0.1, 0.15) is 11.1 Å². The lowest BCUT2D eigenvalue weighted by molar-refractivity contribution is 0.305. The van der Waals surface area contributed by atoms with Crippen LogP contribution in [0, 0.1) is 18.8 Å². The fourth-order valence-corrected chi connectivity index (χ4v) is 3.72. The zero-order valence-electron chi connectivity index (χ0n) is 10.7.